The Bertz CT molecular complexity index is 1350. The van der Waals surface area contributed by atoms with E-state index in [0.717, 1.165) is 37.0 Å². The quantitative estimate of drug-likeness (QED) is 0.229. The zero-order valence-corrected chi connectivity index (χ0v) is 20.8. The maximum atomic E-state index is 12.5. The molecule has 0 aliphatic rings. The molecular weight excluding hydrogens is 522 g/mol. The van der Waals surface area contributed by atoms with Gasteiger partial charge in [-0.1, -0.05) is 33.6 Å². The van der Waals surface area contributed by atoms with Crippen molar-refractivity contribution in [2.24, 2.45) is 5.10 Å². The smallest absolute Gasteiger partial charge is 0.307 e. The van der Waals surface area contributed by atoms with E-state index in [1.165, 1.54) is 11.1 Å². The second kappa shape index (κ2) is 8.48. The number of hydrogen-bond donors (Lipinski definition) is 1. The van der Waals surface area contributed by atoms with Crippen molar-refractivity contribution in [3.63, 3.8) is 0 Å². The number of amides is 1. The van der Waals surface area contributed by atoms with Gasteiger partial charge >= 0.3 is 5.91 Å². The average molecular weight is 543 g/mol. The molecule has 0 radical (unpaired) electrons. The summed E-state index contributed by atoms with van der Waals surface area (Å²) < 4.78 is 9.57. The van der Waals surface area contributed by atoms with E-state index in [9.17, 15) is 4.79 Å². The predicted octanol–water partition coefficient (Wildman–Crippen LogP) is 6.75. The average Bonchev–Trinajstić information content (AvgIpc) is 3.24. The summed E-state index contributed by atoms with van der Waals surface area (Å²) in [4.78, 5) is 12.5. The Morgan fingerprint density at radius 3 is 2.58 bits per heavy atom. The molecule has 0 unspecified atom stereocenters. The molecule has 0 aliphatic carbocycles. The summed E-state index contributed by atoms with van der Waals surface area (Å²) in [6, 6.07) is 13.9. The van der Waals surface area contributed by atoms with Crippen molar-refractivity contribution in [2.75, 3.05) is 0 Å². The Balaban J connectivity index is 1.56. The van der Waals surface area contributed by atoms with Crippen molar-refractivity contribution in [3.05, 3.63) is 85.2 Å². The molecule has 2 aromatic heterocycles. The highest BCUT2D eigenvalue weighted by molar-refractivity contribution is 9.11. The van der Waals surface area contributed by atoms with Crippen LogP contribution in [0.25, 0.3) is 16.7 Å². The number of aryl methyl sites for hydroxylation is 3. The number of nitrogens with zero attached hydrogens (tertiary/aromatic N) is 2. The van der Waals surface area contributed by atoms with Gasteiger partial charge < -0.3 is 8.98 Å². The first-order chi connectivity index (χ1) is 14.7. The third kappa shape index (κ3) is 4.25. The number of hydrazone groups is 1. The van der Waals surface area contributed by atoms with Gasteiger partial charge in [0, 0.05) is 32.5 Å². The van der Waals surface area contributed by atoms with Crippen LogP contribution in [0.5, 0.6) is 0 Å². The summed E-state index contributed by atoms with van der Waals surface area (Å²) >= 11 is 6.89. The molecular formula is C24H21Br2N3O2. The van der Waals surface area contributed by atoms with Gasteiger partial charge in [-0.3, -0.25) is 4.79 Å². The molecule has 1 amide bonds. The number of halogens is 2. The number of fused-ring (bicyclic) bond motifs is 1. The second-order valence-electron chi connectivity index (χ2n) is 7.57. The summed E-state index contributed by atoms with van der Waals surface area (Å²) in [6.07, 6.45) is 1.66. The molecule has 2 heterocycles. The fourth-order valence-corrected chi connectivity index (χ4v) is 5.09. The topological polar surface area (TPSA) is 59.5 Å². The van der Waals surface area contributed by atoms with Gasteiger partial charge in [0.2, 0.25) is 0 Å². The van der Waals surface area contributed by atoms with Gasteiger partial charge in [-0.05, 0) is 79.5 Å². The molecule has 0 saturated heterocycles. The minimum Gasteiger partial charge on any atom is -0.450 e. The first-order valence-corrected chi connectivity index (χ1v) is 11.3. The molecule has 4 rings (SSSR count). The van der Waals surface area contributed by atoms with Gasteiger partial charge in [0.05, 0.1) is 10.7 Å². The molecule has 2 aromatic carbocycles. The monoisotopic (exact) mass is 541 g/mol. The Morgan fingerprint density at radius 1 is 1.06 bits per heavy atom. The molecule has 0 aliphatic heterocycles. The third-order valence-corrected chi connectivity index (χ3v) is 6.24. The first kappa shape index (κ1) is 21.6. The van der Waals surface area contributed by atoms with E-state index in [0.29, 0.717) is 5.58 Å². The van der Waals surface area contributed by atoms with Crippen molar-refractivity contribution in [2.45, 2.75) is 27.7 Å². The van der Waals surface area contributed by atoms with E-state index in [-0.39, 0.29) is 5.76 Å². The van der Waals surface area contributed by atoms with Gasteiger partial charge in [0.1, 0.15) is 5.58 Å². The van der Waals surface area contributed by atoms with E-state index in [4.69, 9.17) is 4.42 Å². The lowest BCUT2D eigenvalue weighted by molar-refractivity contribution is 0.0929. The van der Waals surface area contributed by atoms with Crippen LogP contribution in [0.15, 0.2) is 60.9 Å². The number of furan rings is 1. The molecule has 7 heteroatoms. The fourth-order valence-electron chi connectivity index (χ4n) is 3.75. The zero-order valence-electron chi connectivity index (χ0n) is 17.6. The van der Waals surface area contributed by atoms with E-state index >= 15 is 0 Å². The van der Waals surface area contributed by atoms with E-state index in [1.54, 1.807) is 12.3 Å². The standard InChI is InChI=1S/C24H21Br2N3O2/c1-13-5-6-21(14(2)7-13)29-15(3)8-18(16(29)4)12-27-28-24(30)22-10-17-9-19(25)11-20(26)23(17)31-22/h5-12H,1-4H3,(H,28,30)/b27-12-. The lowest BCUT2D eigenvalue weighted by atomic mass is 10.1. The SMILES string of the molecule is Cc1ccc(-n2c(C)cc(/C=N\NC(=O)c3cc4cc(Br)cc(Br)c4o3)c2C)c(C)c1. The Hall–Kier alpha value is -2.64. The van der Waals surface area contributed by atoms with Crippen LogP contribution in [-0.4, -0.2) is 16.7 Å². The lowest BCUT2D eigenvalue weighted by Gasteiger charge is -2.13. The van der Waals surface area contributed by atoms with Crippen LogP contribution in [0, 0.1) is 27.7 Å². The second-order valence-corrected chi connectivity index (χ2v) is 9.34. The van der Waals surface area contributed by atoms with Crippen LogP contribution in [0.4, 0.5) is 0 Å². The molecule has 5 nitrogen and oxygen atoms in total. The molecule has 0 spiro atoms. The number of aromatic nitrogens is 1. The highest BCUT2D eigenvalue weighted by Gasteiger charge is 2.15. The normalized spacial score (nSPS) is 11.5. The Morgan fingerprint density at radius 2 is 1.84 bits per heavy atom. The van der Waals surface area contributed by atoms with E-state index < -0.39 is 5.91 Å². The molecule has 0 bridgehead atoms. The minimum absolute atomic E-state index is 0.201. The van der Waals surface area contributed by atoms with Crippen LogP contribution >= 0.6 is 31.9 Å². The highest BCUT2D eigenvalue weighted by Crippen LogP contribution is 2.31. The summed E-state index contributed by atoms with van der Waals surface area (Å²) in [5.41, 5.74) is 9.86. The molecule has 0 saturated carbocycles. The van der Waals surface area contributed by atoms with Crippen LogP contribution in [0.1, 0.15) is 38.6 Å². The van der Waals surface area contributed by atoms with Crippen molar-refractivity contribution in [1.82, 2.24) is 9.99 Å². The van der Waals surface area contributed by atoms with Crippen molar-refractivity contribution in [1.29, 1.82) is 0 Å². The number of nitrogens with one attached hydrogen (secondary N) is 1. The van der Waals surface area contributed by atoms with Crippen molar-refractivity contribution >= 4 is 55.0 Å². The van der Waals surface area contributed by atoms with Crippen molar-refractivity contribution in [3.8, 4) is 5.69 Å². The number of rotatable bonds is 4. The molecule has 0 atom stereocenters. The number of hydrogen-bond acceptors (Lipinski definition) is 3. The van der Waals surface area contributed by atoms with Gasteiger partial charge in [-0.25, -0.2) is 5.43 Å². The molecule has 158 valence electrons. The lowest BCUT2D eigenvalue weighted by Crippen LogP contribution is -2.16. The van der Waals surface area contributed by atoms with Gasteiger partial charge in [0.25, 0.3) is 0 Å². The van der Waals surface area contributed by atoms with Crippen LogP contribution in [0.3, 0.4) is 0 Å². The third-order valence-electron chi connectivity index (χ3n) is 5.19. The van der Waals surface area contributed by atoms with Gasteiger partial charge in [-0.2, -0.15) is 5.10 Å². The van der Waals surface area contributed by atoms with Crippen LogP contribution in [0.2, 0.25) is 0 Å². The maximum Gasteiger partial charge on any atom is 0.307 e. The van der Waals surface area contributed by atoms with Crippen LogP contribution < -0.4 is 5.43 Å². The molecule has 31 heavy (non-hydrogen) atoms. The zero-order chi connectivity index (χ0) is 22.3. The number of benzene rings is 2. The number of carbonyl (C=O) groups excluding carboxylic acids is 1. The molecule has 4 aromatic rings. The van der Waals surface area contributed by atoms with E-state index in [2.05, 4.69) is 92.0 Å². The van der Waals surface area contributed by atoms with Gasteiger partial charge in [0.15, 0.2) is 5.76 Å². The van der Waals surface area contributed by atoms with E-state index in [1.807, 2.05) is 19.1 Å². The first-order valence-electron chi connectivity index (χ1n) is 9.73. The van der Waals surface area contributed by atoms with Crippen LogP contribution in [-0.2, 0) is 0 Å². The summed E-state index contributed by atoms with van der Waals surface area (Å²) in [6.45, 7) is 8.31. The molecule has 1 N–H and O–H groups in total. The fraction of sp³-hybridized carbons (Fsp3) is 0.167. The minimum atomic E-state index is -0.404. The summed E-state index contributed by atoms with van der Waals surface area (Å²) in [5, 5.41) is 4.98. The summed E-state index contributed by atoms with van der Waals surface area (Å²) in [5.74, 6) is -0.203. The highest BCUT2D eigenvalue weighted by atomic mass is 79.9. The van der Waals surface area contributed by atoms with Gasteiger partial charge in [-0.15, -0.1) is 0 Å². The number of carbonyl (C=O) groups is 1. The predicted molar refractivity (Wildman–Crippen MR) is 131 cm³/mol. The Labute approximate surface area is 197 Å². The molecule has 0 fully saturated rings. The Kier molecular flexibility index (Phi) is 5.90. The van der Waals surface area contributed by atoms with Crippen molar-refractivity contribution < 1.29 is 9.21 Å². The maximum absolute atomic E-state index is 12.5. The summed E-state index contributed by atoms with van der Waals surface area (Å²) in [7, 11) is 0. The largest absolute Gasteiger partial charge is 0.450 e.